The van der Waals surface area contributed by atoms with E-state index in [1.807, 2.05) is 12.1 Å². The number of anilines is 2. The predicted molar refractivity (Wildman–Crippen MR) is 85.1 cm³/mol. The van der Waals surface area contributed by atoms with E-state index in [1.165, 1.54) is 12.8 Å². The van der Waals surface area contributed by atoms with Gasteiger partial charge in [0, 0.05) is 22.6 Å². The van der Waals surface area contributed by atoms with Crippen molar-refractivity contribution in [3.05, 3.63) is 40.0 Å². The van der Waals surface area contributed by atoms with Crippen LogP contribution in [0.25, 0.3) is 0 Å². The van der Waals surface area contributed by atoms with Gasteiger partial charge in [-0.15, -0.1) is 5.10 Å². The molecule has 3 rings (SSSR count). The first-order valence-electron chi connectivity index (χ1n) is 6.85. The molecule has 1 aliphatic carbocycles. The molecule has 5 nitrogen and oxygen atoms in total. The van der Waals surface area contributed by atoms with Crippen LogP contribution in [-0.2, 0) is 6.42 Å². The zero-order chi connectivity index (χ0) is 14.7. The minimum Gasteiger partial charge on any atom is -0.366 e. The van der Waals surface area contributed by atoms with Crippen LogP contribution < -0.4 is 10.6 Å². The van der Waals surface area contributed by atoms with E-state index >= 15 is 0 Å². The number of rotatable bonds is 6. The number of benzene rings is 1. The Hall–Kier alpha value is -1.59. The van der Waals surface area contributed by atoms with Crippen molar-refractivity contribution < 1.29 is 0 Å². The Bertz CT molecular complexity index is 631. The molecule has 0 aliphatic heterocycles. The normalized spacial score (nSPS) is 14.0. The number of nitrogens with one attached hydrogen (secondary N) is 2. The van der Waals surface area contributed by atoms with E-state index in [0.717, 1.165) is 17.8 Å². The van der Waals surface area contributed by atoms with Crippen molar-refractivity contribution in [2.24, 2.45) is 0 Å². The zero-order valence-electron chi connectivity index (χ0n) is 11.3. The Kier molecular flexibility index (Phi) is 4.41. The molecule has 1 aromatic heterocycles. The third kappa shape index (κ3) is 4.19. The molecule has 2 aromatic rings. The quantitative estimate of drug-likeness (QED) is 0.853. The Morgan fingerprint density at radius 3 is 2.86 bits per heavy atom. The molecule has 1 saturated carbocycles. The van der Waals surface area contributed by atoms with E-state index in [0.29, 0.717) is 28.6 Å². The third-order valence-corrected chi connectivity index (χ3v) is 3.77. The second-order valence-corrected chi connectivity index (χ2v) is 5.84. The first-order chi connectivity index (χ1) is 10.2. The molecule has 0 saturated heterocycles. The predicted octanol–water partition coefficient (Wildman–Crippen LogP) is 3.41. The maximum absolute atomic E-state index is 6.13. The Morgan fingerprint density at radius 1 is 1.24 bits per heavy atom. The molecule has 1 aliphatic rings. The summed E-state index contributed by atoms with van der Waals surface area (Å²) < 4.78 is 0. The first kappa shape index (κ1) is 14.4. The Balaban J connectivity index is 1.54. The van der Waals surface area contributed by atoms with Crippen molar-refractivity contribution in [3.63, 3.8) is 0 Å². The number of halogens is 2. The third-order valence-electron chi connectivity index (χ3n) is 3.18. The van der Waals surface area contributed by atoms with Crippen LogP contribution in [0.3, 0.4) is 0 Å². The van der Waals surface area contributed by atoms with Gasteiger partial charge < -0.3 is 10.6 Å². The molecule has 1 heterocycles. The van der Waals surface area contributed by atoms with Crippen LogP contribution >= 0.6 is 23.2 Å². The molecular weight excluding hydrogens is 309 g/mol. The van der Waals surface area contributed by atoms with E-state index in [9.17, 15) is 0 Å². The molecule has 0 amide bonds. The van der Waals surface area contributed by atoms with Gasteiger partial charge in [-0.25, -0.2) is 0 Å². The van der Waals surface area contributed by atoms with Gasteiger partial charge in [-0.1, -0.05) is 29.3 Å². The summed E-state index contributed by atoms with van der Waals surface area (Å²) in [6, 6.07) is 6.05. The molecule has 110 valence electrons. The molecule has 1 aromatic carbocycles. The molecule has 7 heteroatoms. The van der Waals surface area contributed by atoms with Gasteiger partial charge in [-0.05, 0) is 37.0 Å². The molecule has 0 atom stereocenters. The zero-order valence-corrected chi connectivity index (χ0v) is 12.8. The molecule has 0 spiro atoms. The van der Waals surface area contributed by atoms with Gasteiger partial charge in [0.15, 0.2) is 5.82 Å². The summed E-state index contributed by atoms with van der Waals surface area (Å²) in [7, 11) is 0. The smallest absolute Gasteiger partial charge is 0.244 e. The number of hydrogen-bond acceptors (Lipinski definition) is 5. The van der Waals surface area contributed by atoms with Crippen molar-refractivity contribution in [1.82, 2.24) is 15.2 Å². The van der Waals surface area contributed by atoms with Crippen LogP contribution in [0.4, 0.5) is 11.8 Å². The van der Waals surface area contributed by atoms with E-state index in [4.69, 9.17) is 23.2 Å². The second kappa shape index (κ2) is 6.45. The standard InChI is InChI=1S/C14H15Cl2N5/c15-10-2-1-9(12(16)7-10)5-6-17-14-20-13(8-18-21-14)19-11-3-4-11/h1-2,7-8,11H,3-6H2,(H2,17,19,20,21). The molecule has 0 unspecified atom stereocenters. The molecule has 0 bridgehead atoms. The van der Waals surface area contributed by atoms with Crippen LogP contribution in [-0.4, -0.2) is 27.8 Å². The highest BCUT2D eigenvalue weighted by atomic mass is 35.5. The Labute approximate surface area is 133 Å². The van der Waals surface area contributed by atoms with E-state index in [1.54, 1.807) is 12.3 Å². The van der Waals surface area contributed by atoms with Gasteiger partial charge in [-0.2, -0.15) is 10.1 Å². The van der Waals surface area contributed by atoms with E-state index in [2.05, 4.69) is 25.8 Å². The van der Waals surface area contributed by atoms with Crippen molar-refractivity contribution in [1.29, 1.82) is 0 Å². The average Bonchev–Trinajstić information content (AvgIpc) is 3.26. The summed E-state index contributed by atoms with van der Waals surface area (Å²) in [5.74, 6) is 1.28. The highest BCUT2D eigenvalue weighted by Gasteiger charge is 2.21. The molecule has 21 heavy (non-hydrogen) atoms. The maximum atomic E-state index is 6.13. The van der Waals surface area contributed by atoms with Gasteiger partial charge in [0.25, 0.3) is 0 Å². The van der Waals surface area contributed by atoms with Crippen molar-refractivity contribution in [2.75, 3.05) is 17.2 Å². The van der Waals surface area contributed by atoms with Crippen molar-refractivity contribution >= 4 is 35.0 Å². The maximum Gasteiger partial charge on any atom is 0.244 e. The van der Waals surface area contributed by atoms with Gasteiger partial charge >= 0.3 is 0 Å². The van der Waals surface area contributed by atoms with Gasteiger partial charge in [0.1, 0.15) is 0 Å². The summed E-state index contributed by atoms with van der Waals surface area (Å²) in [5.41, 5.74) is 1.04. The lowest BCUT2D eigenvalue weighted by Gasteiger charge is -2.08. The Morgan fingerprint density at radius 2 is 2.10 bits per heavy atom. The fraction of sp³-hybridized carbons (Fsp3) is 0.357. The summed E-state index contributed by atoms with van der Waals surface area (Å²) >= 11 is 12.0. The summed E-state index contributed by atoms with van der Waals surface area (Å²) in [4.78, 5) is 4.37. The molecular formula is C14H15Cl2N5. The van der Waals surface area contributed by atoms with Crippen LogP contribution in [0.15, 0.2) is 24.4 Å². The second-order valence-electron chi connectivity index (χ2n) is 5.00. The lowest BCUT2D eigenvalue weighted by Crippen LogP contribution is -2.11. The lowest BCUT2D eigenvalue weighted by atomic mass is 10.1. The lowest BCUT2D eigenvalue weighted by molar-refractivity contribution is 0.921. The first-order valence-corrected chi connectivity index (χ1v) is 7.60. The minimum absolute atomic E-state index is 0.519. The average molecular weight is 324 g/mol. The van der Waals surface area contributed by atoms with Gasteiger partial charge in [-0.3, -0.25) is 0 Å². The number of nitrogens with zero attached hydrogens (tertiary/aromatic N) is 3. The number of aromatic nitrogens is 3. The van der Waals surface area contributed by atoms with Crippen LogP contribution in [0.1, 0.15) is 18.4 Å². The van der Waals surface area contributed by atoms with Crippen LogP contribution in [0.5, 0.6) is 0 Å². The van der Waals surface area contributed by atoms with Gasteiger partial charge in [0.2, 0.25) is 5.95 Å². The SMILES string of the molecule is Clc1ccc(CCNc2nncc(NC3CC3)n2)c(Cl)c1. The van der Waals surface area contributed by atoms with Gasteiger partial charge in [0.05, 0.1) is 6.20 Å². The molecule has 0 radical (unpaired) electrons. The minimum atomic E-state index is 0.519. The summed E-state index contributed by atoms with van der Waals surface area (Å²) in [6.07, 6.45) is 4.79. The highest BCUT2D eigenvalue weighted by molar-refractivity contribution is 6.35. The number of hydrogen-bond donors (Lipinski definition) is 2. The van der Waals surface area contributed by atoms with E-state index < -0.39 is 0 Å². The molecule has 1 fully saturated rings. The van der Waals surface area contributed by atoms with Crippen molar-refractivity contribution in [3.8, 4) is 0 Å². The topological polar surface area (TPSA) is 62.7 Å². The van der Waals surface area contributed by atoms with E-state index in [-0.39, 0.29) is 0 Å². The largest absolute Gasteiger partial charge is 0.366 e. The van der Waals surface area contributed by atoms with Crippen LogP contribution in [0.2, 0.25) is 10.0 Å². The fourth-order valence-electron chi connectivity index (χ4n) is 1.92. The van der Waals surface area contributed by atoms with Crippen LogP contribution in [0, 0.1) is 0 Å². The summed E-state index contributed by atoms with van der Waals surface area (Å²) in [6.45, 7) is 0.677. The highest BCUT2D eigenvalue weighted by Crippen LogP contribution is 2.23. The van der Waals surface area contributed by atoms with Crippen molar-refractivity contribution in [2.45, 2.75) is 25.3 Å². The summed E-state index contributed by atoms with van der Waals surface area (Å²) in [5, 5.41) is 15.7. The monoisotopic (exact) mass is 323 g/mol. The fourth-order valence-corrected chi connectivity index (χ4v) is 2.42. The molecule has 2 N–H and O–H groups in total.